The van der Waals surface area contributed by atoms with Crippen molar-refractivity contribution in [3.8, 4) is 0 Å². The van der Waals surface area contributed by atoms with Crippen molar-refractivity contribution >= 4 is 17.9 Å². The zero-order valence-corrected chi connectivity index (χ0v) is 15.4. The van der Waals surface area contributed by atoms with Gasteiger partial charge in [0.05, 0.1) is 5.41 Å². The minimum absolute atomic E-state index is 0.0111. The molecule has 3 fully saturated rings. The molecular weight excluding hydrogens is 322 g/mol. The third kappa shape index (κ3) is 2.77. The molecule has 25 heavy (non-hydrogen) atoms. The van der Waals surface area contributed by atoms with E-state index in [1.807, 2.05) is 11.8 Å². The molecule has 0 spiro atoms. The highest BCUT2D eigenvalue weighted by atomic mass is 16.4. The molecule has 0 radical (unpaired) electrons. The highest BCUT2D eigenvalue weighted by Gasteiger charge is 2.61. The van der Waals surface area contributed by atoms with Gasteiger partial charge in [0.2, 0.25) is 5.91 Å². The number of carboxylic acid groups (broad SMARTS) is 1. The smallest absolute Gasteiger partial charge is 0.319 e. The fourth-order valence-corrected chi connectivity index (χ4v) is 5.09. The topological polar surface area (TPSA) is 81.2 Å². The molecule has 3 amide bonds. The first kappa shape index (κ1) is 18.0. The van der Waals surface area contributed by atoms with Crippen LogP contribution in [0.25, 0.3) is 0 Å². The molecular formula is C18H29N3O4. The average Bonchev–Trinajstić information content (AvgIpc) is 3.16. The number of carboxylic acids is 1. The largest absolute Gasteiger partial charge is 0.481 e. The Balaban J connectivity index is 1.67. The summed E-state index contributed by atoms with van der Waals surface area (Å²) >= 11 is 0. The average molecular weight is 351 g/mol. The van der Waals surface area contributed by atoms with Crippen LogP contribution >= 0.6 is 0 Å². The molecule has 0 unspecified atom stereocenters. The first-order chi connectivity index (χ1) is 11.8. The van der Waals surface area contributed by atoms with E-state index in [1.165, 1.54) is 0 Å². The van der Waals surface area contributed by atoms with E-state index in [-0.39, 0.29) is 29.9 Å². The predicted molar refractivity (Wildman–Crippen MR) is 92.0 cm³/mol. The molecule has 7 nitrogen and oxygen atoms in total. The van der Waals surface area contributed by atoms with Crippen molar-refractivity contribution in [2.45, 2.75) is 57.5 Å². The second-order valence-corrected chi connectivity index (χ2v) is 7.95. The Morgan fingerprint density at radius 1 is 1.12 bits per heavy atom. The number of piperidine rings is 1. The molecule has 2 bridgehead atoms. The van der Waals surface area contributed by atoms with Gasteiger partial charge in [0.1, 0.15) is 0 Å². The van der Waals surface area contributed by atoms with Crippen LogP contribution in [0.3, 0.4) is 0 Å². The van der Waals surface area contributed by atoms with E-state index in [4.69, 9.17) is 0 Å². The van der Waals surface area contributed by atoms with E-state index >= 15 is 0 Å². The van der Waals surface area contributed by atoms with Crippen molar-refractivity contribution in [1.29, 1.82) is 0 Å². The van der Waals surface area contributed by atoms with Gasteiger partial charge < -0.3 is 19.8 Å². The van der Waals surface area contributed by atoms with E-state index in [0.717, 1.165) is 12.8 Å². The number of carbonyl (C=O) groups excluding carboxylic acids is 2. The minimum Gasteiger partial charge on any atom is -0.481 e. The summed E-state index contributed by atoms with van der Waals surface area (Å²) in [7, 11) is 3.47. The number of rotatable bonds is 3. The van der Waals surface area contributed by atoms with Crippen LogP contribution in [0, 0.1) is 11.3 Å². The maximum atomic E-state index is 13.1. The molecule has 3 heterocycles. The Bertz CT molecular complexity index is 571. The molecule has 7 heteroatoms. The van der Waals surface area contributed by atoms with Crippen LogP contribution in [0.2, 0.25) is 0 Å². The third-order valence-corrected chi connectivity index (χ3v) is 6.55. The summed E-state index contributed by atoms with van der Waals surface area (Å²) < 4.78 is 0. The van der Waals surface area contributed by atoms with Crippen LogP contribution < -0.4 is 0 Å². The normalized spacial score (nSPS) is 32.1. The number of hydrogen-bond donors (Lipinski definition) is 1. The number of nitrogens with zero attached hydrogens (tertiary/aromatic N) is 3. The van der Waals surface area contributed by atoms with Gasteiger partial charge in [-0.2, -0.15) is 0 Å². The molecule has 3 aliphatic rings. The van der Waals surface area contributed by atoms with Gasteiger partial charge in [0.15, 0.2) is 0 Å². The van der Waals surface area contributed by atoms with E-state index < -0.39 is 11.4 Å². The number of aliphatic carboxylic acids is 1. The Kier molecular flexibility index (Phi) is 4.68. The molecule has 3 aliphatic heterocycles. The second-order valence-electron chi connectivity index (χ2n) is 7.95. The summed E-state index contributed by atoms with van der Waals surface area (Å²) in [6, 6.07) is -0.0908. The standard InChI is InChI=1S/C18H29N3O4/c1-4-18(16(23)24)11-13-5-6-14(18)21(13)15(22)12-7-9-20(10-8-12)17(25)19(2)3/h12-14H,4-11H2,1-3H3,(H,23,24)/t13-,14+,18+/m0/s1. The number of carbonyl (C=O) groups is 3. The second kappa shape index (κ2) is 6.50. The number of likely N-dealkylation sites (tertiary alicyclic amines) is 1. The highest BCUT2D eigenvalue weighted by Crippen LogP contribution is 2.52. The van der Waals surface area contributed by atoms with Crippen LogP contribution in [0.1, 0.15) is 45.4 Å². The van der Waals surface area contributed by atoms with Crippen LogP contribution in [0.5, 0.6) is 0 Å². The van der Waals surface area contributed by atoms with Gasteiger partial charge in [-0.15, -0.1) is 0 Å². The summed E-state index contributed by atoms with van der Waals surface area (Å²) in [6.07, 6.45) is 4.22. The number of urea groups is 1. The molecule has 1 N–H and O–H groups in total. The third-order valence-electron chi connectivity index (χ3n) is 6.55. The molecule has 0 aromatic rings. The summed E-state index contributed by atoms with van der Waals surface area (Å²) in [5.74, 6) is -0.733. The quantitative estimate of drug-likeness (QED) is 0.838. The molecule has 3 rings (SSSR count). The Morgan fingerprint density at radius 2 is 1.76 bits per heavy atom. The summed E-state index contributed by atoms with van der Waals surface area (Å²) in [5.41, 5.74) is -0.764. The van der Waals surface area contributed by atoms with Crippen molar-refractivity contribution in [2.24, 2.45) is 11.3 Å². The molecule has 0 saturated carbocycles. The van der Waals surface area contributed by atoms with Crippen LogP contribution in [-0.4, -0.2) is 77.0 Å². The lowest BCUT2D eigenvalue weighted by molar-refractivity contribution is -0.152. The Labute approximate surface area is 148 Å². The monoisotopic (exact) mass is 351 g/mol. The fraction of sp³-hybridized carbons (Fsp3) is 0.833. The summed E-state index contributed by atoms with van der Waals surface area (Å²) in [4.78, 5) is 42.3. The van der Waals surface area contributed by atoms with Crippen molar-refractivity contribution in [2.75, 3.05) is 27.2 Å². The van der Waals surface area contributed by atoms with Gasteiger partial charge in [-0.3, -0.25) is 9.59 Å². The van der Waals surface area contributed by atoms with Crippen LogP contribution in [0.4, 0.5) is 4.79 Å². The lowest BCUT2D eigenvalue weighted by atomic mass is 9.72. The van der Waals surface area contributed by atoms with Gasteiger partial charge >= 0.3 is 12.0 Å². The van der Waals surface area contributed by atoms with E-state index in [1.54, 1.807) is 23.9 Å². The first-order valence-corrected chi connectivity index (χ1v) is 9.33. The highest BCUT2D eigenvalue weighted by molar-refractivity contribution is 5.84. The van der Waals surface area contributed by atoms with E-state index in [9.17, 15) is 19.5 Å². The van der Waals surface area contributed by atoms with E-state index in [0.29, 0.717) is 38.8 Å². The van der Waals surface area contributed by atoms with Crippen molar-refractivity contribution in [3.63, 3.8) is 0 Å². The van der Waals surface area contributed by atoms with Crippen molar-refractivity contribution in [3.05, 3.63) is 0 Å². The predicted octanol–water partition coefficient (Wildman–Crippen LogP) is 1.62. The fourth-order valence-electron chi connectivity index (χ4n) is 5.09. The Hall–Kier alpha value is -1.79. The maximum Gasteiger partial charge on any atom is 0.319 e. The van der Waals surface area contributed by atoms with Gasteiger partial charge in [0, 0.05) is 45.2 Å². The van der Waals surface area contributed by atoms with Gasteiger partial charge in [-0.05, 0) is 38.5 Å². The molecule has 0 aliphatic carbocycles. The lowest BCUT2D eigenvalue weighted by Gasteiger charge is -2.37. The first-order valence-electron chi connectivity index (χ1n) is 9.33. The molecule has 3 saturated heterocycles. The minimum atomic E-state index is -0.764. The number of hydrogen-bond acceptors (Lipinski definition) is 3. The van der Waals surface area contributed by atoms with Gasteiger partial charge in [-0.1, -0.05) is 6.92 Å². The molecule has 0 aromatic carbocycles. The van der Waals surface area contributed by atoms with Gasteiger partial charge in [0.25, 0.3) is 0 Å². The molecule has 140 valence electrons. The Morgan fingerprint density at radius 3 is 2.24 bits per heavy atom. The van der Waals surface area contributed by atoms with Crippen molar-refractivity contribution < 1.29 is 19.5 Å². The van der Waals surface area contributed by atoms with E-state index in [2.05, 4.69) is 0 Å². The molecule has 3 atom stereocenters. The van der Waals surface area contributed by atoms with Crippen LogP contribution in [-0.2, 0) is 9.59 Å². The zero-order valence-electron chi connectivity index (χ0n) is 15.4. The van der Waals surface area contributed by atoms with Crippen LogP contribution in [0.15, 0.2) is 0 Å². The summed E-state index contributed by atoms with van der Waals surface area (Å²) in [5, 5.41) is 9.76. The maximum absolute atomic E-state index is 13.1. The van der Waals surface area contributed by atoms with Crippen molar-refractivity contribution in [1.82, 2.24) is 14.7 Å². The molecule has 0 aromatic heterocycles. The SMILES string of the molecule is CC[C@@]1(C(=O)O)C[C@@H]2CC[C@H]1N2C(=O)C1CCN(C(=O)N(C)C)CC1. The zero-order chi connectivity index (χ0) is 18.4. The lowest BCUT2D eigenvalue weighted by Crippen LogP contribution is -2.49. The number of amides is 3. The summed E-state index contributed by atoms with van der Waals surface area (Å²) in [6.45, 7) is 3.10. The van der Waals surface area contributed by atoms with Gasteiger partial charge in [-0.25, -0.2) is 4.79 Å². The number of fused-ring (bicyclic) bond motifs is 2.